The molecule has 0 saturated carbocycles. The van der Waals surface area contributed by atoms with Crippen LogP contribution in [0.3, 0.4) is 0 Å². The van der Waals surface area contributed by atoms with Gasteiger partial charge in [0.1, 0.15) is 0 Å². The van der Waals surface area contributed by atoms with Crippen molar-refractivity contribution in [1.82, 2.24) is 15.2 Å². The van der Waals surface area contributed by atoms with Gasteiger partial charge in [0, 0.05) is 42.4 Å². The van der Waals surface area contributed by atoms with E-state index in [0.29, 0.717) is 17.4 Å². The SMILES string of the molecule is CC1CCN(C(=O)NCc2cccnc2OCC(F)F)CCS1. The summed E-state index contributed by atoms with van der Waals surface area (Å²) in [6.07, 6.45) is -0.121. The average molecular weight is 345 g/mol. The van der Waals surface area contributed by atoms with Crippen LogP contribution in [0, 0.1) is 0 Å². The van der Waals surface area contributed by atoms with Gasteiger partial charge in [-0.15, -0.1) is 0 Å². The van der Waals surface area contributed by atoms with Crippen molar-refractivity contribution in [2.75, 3.05) is 25.4 Å². The standard InChI is InChI=1S/C15H21F2N3O2S/c1-11-4-6-20(7-8-23-11)15(21)19-9-12-3-2-5-18-14(12)22-10-13(16)17/h2-3,5,11,13H,4,6-10H2,1H3,(H,19,21). The lowest BCUT2D eigenvalue weighted by molar-refractivity contribution is 0.0790. The monoisotopic (exact) mass is 345 g/mol. The molecule has 1 N–H and O–H groups in total. The summed E-state index contributed by atoms with van der Waals surface area (Å²) in [5, 5.41) is 3.37. The van der Waals surface area contributed by atoms with Crippen LogP contribution in [0.2, 0.25) is 0 Å². The average Bonchev–Trinajstić information content (AvgIpc) is 2.76. The maximum atomic E-state index is 12.2. The molecule has 1 aromatic heterocycles. The largest absolute Gasteiger partial charge is 0.471 e. The van der Waals surface area contributed by atoms with E-state index < -0.39 is 13.0 Å². The van der Waals surface area contributed by atoms with Crippen LogP contribution in [-0.4, -0.2) is 53.0 Å². The van der Waals surface area contributed by atoms with Crippen LogP contribution >= 0.6 is 11.8 Å². The summed E-state index contributed by atoms with van der Waals surface area (Å²) in [6.45, 7) is 3.09. The third-order valence-corrected chi connectivity index (χ3v) is 4.71. The Morgan fingerprint density at radius 3 is 3.17 bits per heavy atom. The molecule has 1 atom stereocenters. The van der Waals surface area contributed by atoms with E-state index in [2.05, 4.69) is 17.2 Å². The van der Waals surface area contributed by atoms with Crippen LogP contribution in [-0.2, 0) is 6.54 Å². The van der Waals surface area contributed by atoms with Crippen LogP contribution in [0.4, 0.5) is 13.6 Å². The highest BCUT2D eigenvalue weighted by Gasteiger charge is 2.19. The van der Waals surface area contributed by atoms with Crippen molar-refractivity contribution in [3.05, 3.63) is 23.9 Å². The lowest BCUT2D eigenvalue weighted by Gasteiger charge is -2.21. The molecule has 23 heavy (non-hydrogen) atoms. The predicted octanol–water partition coefficient (Wildman–Crippen LogP) is 2.76. The minimum absolute atomic E-state index is 0.133. The Morgan fingerprint density at radius 1 is 1.57 bits per heavy atom. The molecule has 1 aromatic rings. The van der Waals surface area contributed by atoms with Gasteiger partial charge >= 0.3 is 6.03 Å². The maximum Gasteiger partial charge on any atom is 0.317 e. The van der Waals surface area contributed by atoms with Crippen molar-refractivity contribution in [2.24, 2.45) is 0 Å². The summed E-state index contributed by atoms with van der Waals surface area (Å²) >= 11 is 1.86. The molecule has 2 amide bonds. The molecule has 5 nitrogen and oxygen atoms in total. The number of amides is 2. The molecule has 0 radical (unpaired) electrons. The van der Waals surface area contributed by atoms with Gasteiger partial charge in [0.2, 0.25) is 5.88 Å². The number of rotatable bonds is 5. The lowest BCUT2D eigenvalue weighted by Crippen LogP contribution is -2.41. The van der Waals surface area contributed by atoms with Crippen molar-refractivity contribution < 1.29 is 18.3 Å². The zero-order chi connectivity index (χ0) is 16.7. The maximum absolute atomic E-state index is 12.2. The first kappa shape index (κ1) is 17.8. The van der Waals surface area contributed by atoms with E-state index in [0.717, 1.165) is 18.7 Å². The number of carbonyl (C=O) groups is 1. The first-order valence-electron chi connectivity index (χ1n) is 7.55. The second kappa shape index (κ2) is 8.90. The molecule has 0 aliphatic carbocycles. The lowest BCUT2D eigenvalue weighted by atomic mass is 10.2. The number of urea groups is 1. The highest BCUT2D eigenvalue weighted by molar-refractivity contribution is 7.99. The summed E-state index contributed by atoms with van der Waals surface area (Å²) < 4.78 is 29.5. The van der Waals surface area contributed by atoms with Gasteiger partial charge < -0.3 is 15.0 Å². The molecule has 0 bridgehead atoms. The number of nitrogens with zero attached hydrogens (tertiary/aromatic N) is 2. The van der Waals surface area contributed by atoms with Crippen molar-refractivity contribution in [3.8, 4) is 5.88 Å². The van der Waals surface area contributed by atoms with E-state index in [4.69, 9.17) is 4.74 Å². The van der Waals surface area contributed by atoms with Crippen molar-refractivity contribution in [2.45, 2.75) is 31.6 Å². The van der Waals surface area contributed by atoms with Crippen molar-refractivity contribution in [3.63, 3.8) is 0 Å². The Labute approximate surface area is 138 Å². The normalized spacial score (nSPS) is 18.6. The quantitative estimate of drug-likeness (QED) is 0.892. The summed E-state index contributed by atoms with van der Waals surface area (Å²) in [4.78, 5) is 18.0. The molecule has 1 saturated heterocycles. The molecule has 1 unspecified atom stereocenters. The number of thioether (sulfide) groups is 1. The summed E-state index contributed by atoms with van der Waals surface area (Å²) in [5.41, 5.74) is 0.582. The first-order chi connectivity index (χ1) is 11.1. The summed E-state index contributed by atoms with van der Waals surface area (Å²) in [5.74, 6) is 1.05. The van der Waals surface area contributed by atoms with Crippen LogP contribution in [0.1, 0.15) is 18.9 Å². The summed E-state index contributed by atoms with van der Waals surface area (Å²) in [6, 6.07) is 3.23. The smallest absolute Gasteiger partial charge is 0.317 e. The van der Waals surface area contributed by atoms with Crippen LogP contribution in [0.15, 0.2) is 18.3 Å². The minimum atomic E-state index is -2.56. The third-order valence-electron chi connectivity index (χ3n) is 3.48. The molecule has 1 aliphatic rings. The molecule has 0 spiro atoms. The fraction of sp³-hybridized carbons (Fsp3) is 0.600. The van der Waals surface area contributed by atoms with Gasteiger partial charge in [0.25, 0.3) is 6.43 Å². The van der Waals surface area contributed by atoms with Crippen LogP contribution < -0.4 is 10.1 Å². The fourth-order valence-corrected chi connectivity index (χ4v) is 3.21. The molecular weight excluding hydrogens is 324 g/mol. The number of ether oxygens (including phenoxy) is 1. The Bertz CT molecular complexity index is 519. The minimum Gasteiger partial charge on any atom is -0.471 e. The van der Waals surface area contributed by atoms with Crippen LogP contribution in [0.5, 0.6) is 5.88 Å². The van der Waals surface area contributed by atoms with Gasteiger partial charge in [-0.2, -0.15) is 11.8 Å². The highest BCUT2D eigenvalue weighted by atomic mass is 32.2. The second-order valence-electron chi connectivity index (χ2n) is 5.29. The predicted molar refractivity (Wildman–Crippen MR) is 86.1 cm³/mol. The van der Waals surface area contributed by atoms with Gasteiger partial charge in [-0.05, 0) is 12.5 Å². The number of hydrogen-bond donors (Lipinski definition) is 1. The van der Waals surface area contributed by atoms with E-state index in [-0.39, 0.29) is 18.5 Å². The fourth-order valence-electron chi connectivity index (χ4n) is 2.21. The van der Waals surface area contributed by atoms with Crippen molar-refractivity contribution >= 4 is 17.8 Å². The number of aromatic nitrogens is 1. The van der Waals surface area contributed by atoms with Gasteiger partial charge in [0.05, 0.1) is 0 Å². The summed E-state index contributed by atoms with van der Waals surface area (Å²) in [7, 11) is 0. The first-order valence-corrected chi connectivity index (χ1v) is 8.60. The van der Waals surface area contributed by atoms with Gasteiger partial charge in [-0.25, -0.2) is 18.6 Å². The Hall–Kier alpha value is -1.57. The molecule has 2 rings (SSSR count). The van der Waals surface area contributed by atoms with E-state index in [1.54, 1.807) is 17.0 Å². The number of nitrogens with one attached hydrogen (secondary N) is 1. The molecule has 2 heterocycles. The second-order valence-corrected chi connectivity index (χ2v) is 6.83. The third kappa shape index (κ3) is 5.85. The van der Waals surface area contributed by atoms with Gasteiger partial charge in [-0.3, -0.25) is 0 Å². The molecule has 1 fully saturated rings. The molecule has 128 valence electrons. The Morgan fingerprint density at radius 2 is 2.39 bits per heavy atom. The molecule has 1 aliphatic heterocycles. The molecule has 0 aromatic carbocycles. The number of halogens is 2. The van der Waals surface area contributed by atoms with Crippen LogP contribution in [0.25, 0.3) is 0 Å². The molecular formula is C15H21F2N3O2S. The zero-order valence-corrected chi connectivity index (χ0v) is 13.8. The topological polar surface area (TPSA) is 54.5 Å². The zero-order valence-electron chi connectivity index (χ0n) is 13.0. The van der Waals surface area contributed by atoms with Gasteiger partial charge in [-0.1, -0.05) is 13.0 Å². The number of alkyl halides is 2. The Kier molecular flexibility index (Phi) is 6.88. The van der Waals surface area contributed by atoms with E-state index in [1.165, 1.54) is 6.20 Å². The van der Waals surface area contributed by atoms with E-state index in [1.807, 2.05) is 11.8 Å². The highest BCUT2D eigenvalue weighted by Crippen LogP contribution is 2.19. The van der Waals surface area contributed by atoms with E-state index >= 15 is 0 Å². The Balaban J connectivity index is 1.88. The number of carbonyl (C=O) groups excluding carboxylic acids is 1. The molecule has 8 heteroatoms. The number of pyridine rings is 1. The van der Waals surface area contributed by atoms with Gasteiger partial charge in [0.15, 0.2) is 6.61 Å². The number of hydrogen-bond acceptors (Lipinski definition) is 4. The van der Waals surface area contributed by atoms with E-state index in [9.17, 15) is 13.6 Å². The van der Waals surface area contributed by atoms with Crippen molar-refractivity contribution in [1.29, 1.82) is 0 Å².